The van der Waals surface area contributed by atoms with Crippen LogP contribution in [0.5, 0.6) is 11.5 Å². The standard InChI is InChI=1S/C20H25NO3/c1-4-18(24-17-8-6-5-7-9-17)20(22)21-12-13-23-19-14-15(2)10-11-16(19)3/h5-11,14,18H,4,12-13H2,1-3H3,(H,21,22)/t18-/m1/s1. The quantitative estimate of drug-likeness (QED) is 0.753. The van der Waals surface area contributed by atoms with Crippen LogP contribution in [0.1, 0.15) is 24.5 Å². The Labute approximate surface area is 143 Å². The molecule has 0 aromatic heterocycles. The van der Waals surface area contributed by atoms with E-state index in [4.69, 9.17) is 9.47 Å². The molecule has 2 rings (SSSR count). The van der Waals surface area contributed by atoms with Crippen LogP contribution < -0.4 is 14.8 Å². The van der Waals surface area contributed by atoms with E-state index in [-0.39, 0.29) is 5.91 Å². The zero-order valence-electron chi connectivity index (χ0n) is 14.5. The van der Waals surface area contributed by atoms with E-state index < -0.39 is 6.10 Å². The number of para-hydroxylation sites is 1. The Morgan fingerprint density at radius 2 is 1.88 bits per heavy atom. The van der Waals surface area contributed by atoms with E-state index >= 15 is 0 Å². The number of nitrogens with one attached hydrogen (secondary N) is 1. The molecule has 0 aliphatic rings. The van der Waals surface area contributed by atoms with Gasteiger partial charge in [0.25, 0.3) is 5.91 Å². The summed E-state index contributed by atoms with van der Waals surface area (Å²) in [4.78, 5) is 12.2. The first kappa shape index (κ1) is 17.9. The predicted octanol–water partition coefficient (Wildman–Crippen LogP) is 3.66. The van der Waals surface area contributed by atoms with Crippen LogP contribution in [0.3, 0.4) is 0 Å². The average molecular weight is 327 g/mol. The summed E-state index contributed by atoms with van der Waals surface area (Å²) >= 11 is 0. The van der Waals surface area contributed by atoms with Gasteiger partial charge in [0, 0.05) is 0 Å². The summed E-state index contributed by atoms with van der Waals surface area (Å²) in [6.07, 6.45) is 0.117. The molecule has 0 fully saturated rings. The van der Waals surface area contributed by atoms with Gasteiger partial charge in [-0.2, -0.15) is 0 Å². The minimum Gasteiger partial charge on any atom is -0.491 e. The molecule has 2 aromatic rings. The summed E-state index contributed by atoms with van der Waals surface area (Å²) < 4.78 is 11.5. The minimum atomic E-state index is -0.492. The van der Waals surface area contributed by atoms with Crippen molar-refractivity contribution in [2.75, 3.05) is 13.2 Å². The molecule has 0 saturated heterocycles. The molecule has 0 heterocycles. The van der Waals surface area contributed by atoms with Gasteiger partial charge < -0.3 is 14.8 Å². The molecule has 0 radical (unpaired) electrons. The van der Waals surface area contributed by atoms with Crippen LogP contribution >= 0.6 is 0 Å². The van der Waals surface area contributed by atoms with E-state index in [0.717, 1.165) is 16.9 Å². The van der Waals surface area contributed by atoms with E-state index in [1.807, 2.05) is 63.2 Å². The summed E-state index contributed by atoms with van der Waals surface area (Å²) in [6.45, 7) is 6.84. The van der Waals surface area contributed by atoms with Crippen molar-refractivity contribution in [1.29, 1.82) is 0 Å². The highest BCUT2D eigenvalue weighted by Gasteiger charge is 2.17. The Bertz CT molecular complexity index is 655. The number of carbonyl (C=O) groups is 1. The Morgan fingerprint density at radius 3 is 2.58 bits per heavy atom. The fourth-order valence-corrected chi connectivity index (χ4v) is 2.30. The summed E-state index contributed by atoms with van der Waals surface area (Å²) in [5.41, 5.74) is 2.24. The molecule has 1 amide bonds. The summed E-state index contributed by atoms with van der Waals surface area (Å²) in [5, 5.41) is 2.87. The van der Waals surface area contributed by atoms with Gasteiger partial charge in [-0.1, -0.05) is 37.3 Å². The molecular formula is C20H25NO3. The number of ether oxygens (including phenoxy) is 2. The lowest BCUT2D eigenvalue weighted by molar-refractivity contribution is -0.128. The molecule has 0 aliphatic heterocycles. The van der Waals surface area contributed by atoms with Gasteiger partial charge in [0.2, 0.25) is 0 Å². The molecule has 0 bridgehead atoms. The van der Waals surface area contributed by atoms with E-state index in [1.165, 1.54) is 0 Å². The molecular weight excluding hydrogens is 302 g/mol. The fraction of sp³-hybridized carbons (Fsp3) is 0.350. The molecule has 0 spiro atoms. The van der Waals surface area contributed by atoms with Crippen molar-refractivity contribution >= 4 is 5.91 Å². The zero-order chi connectivity index (χ0) is 17.4. The number of hydrogen-bond acceptors (Lipinski definition) is 3. The van der Waals surface area contributed by atoms with Gasteiger partial charge in [0.1, 0.15) is 18.1 Å². The smallest absolute Gasteiger partial charge is 0.261 e. The fourth-order valence-electron chi connectivity index (χ4n) is 2.30. The highest BCUT2D eigenvalue weighted by Crippen LogP contribution is 2.18. The van der Waals surface area contributed by atoms with Crippen LogP contribution in [0, 0.1) is 13.8 Å². The van der Waals surface area contributed by atoms with Gasteiger partial charge in [0.05, 0.1) is 6.54 Å². The first-order valence-electron chi connectivity index (χ1n) is 8.29. The van der Waals surface area contributed by atoms with Crippen LogP contribution in [-0.4, -0.2) is 25.2 Å². The molecule has 4 heteroatoms. The molecule has 0 unspecified atom stereocenters. The van der Waals surface area contributed by atoms with Crippen molar-refractivity contribution in [1.82, 2.24) is 5.32 Å². The maximum absolute atomic E-state index is 12.2. The predicted molar refractivity (Wildman–Crippen MR) is 95.6 cm³/mol. The van der Waals surface area contributed by atoms with E-state index in [2.05, 4.69) is 11.4 Å². The van der Waals surface area contributed by atoms with Gasteiger partial charge >= 0.3 is 0 Å². The molecule has 1 atom stereocenters. The van der Waals surface area contributed by atoms with Crippen molar-refractivity contribution in [3.63, 3.8) is 0 Å². The van der Waals surface area contributed by atoms with Gasteiger partial charge in [0.15, 0.2) is 6.10 Å². The second-order valence-electron chi connectivity index (χ2n) is 5.74. The first-order chi connectivity index (χ1) is 11.6. The largest absolute Gasteiger partial charge is 0.491 e. The van der Waals surface area contributed by atoms with E-state index in [9.17, 15) is 4.79 Å². The third-order valence-corrected chi connectivity index (χ3v) is 3.69. The second kappa shape index (κ2) is 8.96. The highest BCUT2D eigenvalue weighted by atomic mass is 16.5. The Balaban J connectivity index is 1.78. The number of carbonyl (C=O) groups excluding carboxylic acids is 1. The van der Waals surface area contributed by atoms with Gasteiger partial charge in [-0.15, -0.1) is 0 Å². The Hall–Kier alpha value is -2.49. The molecule has 1 N–H and O–H groups in total. The molecule has 0 saturated carbocycles. The van der Waals surface area contributed by atoms with Gasteiger partial charge in [-0.25, -0.2) is 0 Å². The topological polar surface area (TPSA) is 47.6 Å². The van der Waals surface area contributed by atoms with Crippen molar-refractivity contribution in [3.05, 3.63) is 59.7 Å². The van der Waals surface area contributed by atoms with Gasteiger partial charge in [-0.05, 0) is 49.6 Å². The summed E-state index contributed by atoms with van der Waals surface area (Å²) in [7, 11) is 0. The first-order valence-corrected chi connectivity index (χ1v) is 8.29. The van der Waals surface area contributed by atoms with Crippen molar-refractivity contribution < 1.29 is 14.3 Å². The van der Waals surface area contributed by atoms with Crippen LogP contribution in [0.2, 0.25) is 0 Å². The molecule has 0 aliphatic carbocycles. The summed E-state index contributed by atoms with van der Waals surface area (Å²) in [6, 6.07) is 15.5. The third-order valence-electron chi connectivity index (χ3n) is 3.69. The third kappa shape index (κ3) is 5.30. The number of rotatable bonds is 8. The summed E-state index contributed by atoms with van der Waals surface area (Å²) in [5.74, 6) is 1.44. The number of benzene rings is 2. The molecule has 2 aromatic carbocycles. The molecule has 4 nitrogen and oxygen atoms in total. The lowest BCUT2D eigenvalue weighted by Gasteiger charge is -2.17. The maximum atomic E-state index is 12.2. The average Bonchev–Trinajstić information content (AvgIpc) is 2.60. The van der Waals surface area contributed by atoms with Crippen molar-refractivity contribution in [3.8, 4) is 11.5 Å². The molecule has 128 valence electrons. The Morgan fingerprint density at radius 1 is 1.12 bits per heavy atom. The highest BCUT2D eigenvalue weighted by molar-refractivity contribution is 5.81. The van der Waals surface area contributed by atoms with Gasteiger partial charge in [-0.3, -0.25) is 4.79 Å². The lowest BCUT2D eigenvalue weighted by Crippen LogP contribution is -2.39. The number of aryl methyl sites for hydroxylation is 2. The lowest BCUT2D eigenvalue weighted by atomic mass is 10.1. The van der Waals surface area contributed by atoms with Crippen LogP contribution in [-0.2, 0) is 4.79 Å². The zero-order valence-corrected chi connectivity index (χ0v) is 14.5. The van der Waals surface area contributed by atoms with E-state index in [1.54, 1.807) is 0 Å². The van der Waals surface area contributed by atoms with Crippen LogP contribution in [0.15, 0.2) is 48.5 Å². The van der Waals surface area contributed by atoms with Crippen LogP contribution in [0.25, 0.3) is 0 Å². The van der Waals surface area contributed by atoms with Crippen molar-refractivity contribution in [2.45, 2.75) is 33.3 Å². The monoisotopic (exact) mass is 327 g/mol. The minimum absolute atomic E-state index is 0.120. The number of hydrogen-bond donors (Lipinski definition) is 1. The maximum Gasteiger partial charge on any atom is 0.261 e. The molecule has 24 heavy (non-hydrogen) atoms. The Kier molecular flexibility index (Phi) is 6.67. The SMILES string of the molecule is CC[C@@H](Oc1ccccc1)C(=O)NCCOc1cc(C)ccc1C. The van der Waals surface area contributed by atoms with E-state index in [0.29, 0.717) is 25.3 Å². The number of amides is 1. The van der Waals surface area contributed by atoms with Crippen LogP contribution in [0.4, 0.5) is 0 Å². The normalized spacial score (nSPS) is 11.6. The van der Waals surface area contributed by atoms with Crippen molar-refractivity contribution in [2.24, 2.45) is 0 Å². The second-order valence-corrected chi connectivity index (χ2v) is 5.74.